The van der Waals surface area contributed by atoms with Gasteiger partial charge in [0.25, 0.3) is 0 Å². The summed E-state index contributed by atoms with van der Waals surface area (Å²) in [5.74, 6) is 0. The summed E-state index contributed by atoms with van der Waals surface area (Å²) in [5, 5.41) is 0. The molecule has 15 heavy (non-hydrogen) atoms. The van der Waals surface area contributed by atoms with Crippen LogP contribution in [0.1, 0.15) is 48.5 Å². The van der Waals surface area contributed by atoms with Crippen LogP contribution in [0.4, 0.5) is 0 Å². The molecule has 0 amide bonds. The van der Waals surface area contributed by atoms with Crippen LogP contribution in [-0.4, -0.2) is 35.2 Å². The molecule has 1 atom stereocenters. The molecule has 0 aliphatic heterocycles. The second-order valence-corrected chi connectivity index (χ2v) is 13.1. The van der Waals surface area contributed by atoms with Gasteiger partial charge in [-0.1, -0.05) is 0 Å². The zero-order valence-electron chi connectivity index (χ0n) is 11.7. The highest BCUT2D eigenvalue weighted by molar-refractivity contribution is 8.30. The highest BCUT2D eigenvalue weighted by atomic mass is 32.1. The van der Waals surface area contributed by atoms with Crippen molar-refractivity contribution in [3.63, 3.8) is 0 Å². The molecule has 0 radical (unpaired) electrons. The molecule has 3 heteroatoms. The normalized spacial score (nSPS) is 14.0. The summed E-state index contributed by atoms with van der Waals surface area (Å²) < 4.78 is 2.71. The summed E-state index contributed by atoms with van der Waals surface area (Å²) in [6.45, 7) is 15.9. The third-order valence-electron chi connectivity index (χ3n) is 3.26. The van der Waals surface area contributed by atoms with E-state index in [2.05, 4.69) is 53.1 Å². The van der Waals surface area contributed by atoms with E-state index in [1.807, 2.05) is 0 Å². The molecule has 0 aliphatic carbocycles. The van der Waals surface area contributed by atoms with Crippen LogP contribution < -0.4 is 0 Å². The molecule has 0 bridgehead atoms. The summed E-state index contributed by atoms with van der Waals surface area (Å²) >= 11 is 0. The van der Waals surface area contributed by atoms with Crippen LogP contribution in [0.3, 0.4) is 0 Å². The largest absolute Gasteiger partial charge is 0.248 e. The first-order chi connectivity index (χ1) is 6.92. The van der Waals surface area contributed by atoms with Gasteiger partial charge in [0.15, 0.2) is 0 Å². The lowest BCUT2D eigenvalue weighted by Crippen LogP contribution is -2.30. The maximum absolute atomic E-state index is 2.71. The van der Waals surface area contributed by atoms with Crippen LogP contribution in [0.5, 0.6) is 0 Å². The van der Waals surface area contributed by atoms with Crippen LogP contribution >= 0.6 is 15.4 Å². The molecule has 0 aromatic rings. The van der Waals surface area contributed by atoms with Crippen molar-refractivity contribution >= 4 is 15.4 Å². The molecule has 0 fully saturated rings. The summed E-state index contributed by atoms with van der Waals surface area (Å²) in [6, 6.07) is 1.40. The van der Waals surface area contributed by atoms with Crippen molar-refractivity contribution in [3.8, 4) is 0 Å². The van der Waals surface area contributed by atoms with Crippen molar-refractivity contribution in [3.05, 3.63) is 0 Å². The zero-order valence-corrected chi connectivity index (χ0v) is 13.6. The smallest absolute Gasteiger partial charge is 0.117 e. The van der Waals surface area contributed by atoms with Gasteiger partial charge in [0.05, 0.1) is 18.5 Å². The summed E-state index contributed by atoms with van der Waals surface area (Å²) in [4.78, 5) is 0. The highest BCUT2D eigenvalue weighted by Crippen LogP contribution is 2.75. The van der Waals surface area contributed by atoms with Gasteiger partial charge < -0.3 is 0 Å². The first-order valence-electron chi connectivity index (χ1n) is 6.34. The third kappa shape index (κ3) is 4.68. The molecule has 1 unspecified atom stereocenters. The van der Waals surface area contributed by atoms with Crippen molar-refractivity contribution in [2.45, 2.75) is 60.5 Å². The Morgan fingerprint density at radius 2 is 1.20 bits per heavy atom. The van der Waals surface area contributed by atoms with Crippen LogP contribution in [0, 0.1) is 0 Å². The summed E-state index contributed by atoms with van der Waals surface area (Å²) in [6.07, 6.45) is 4.27. The zero-order chi connectivity index (χ0) is 12.1. The second-order valence-electron chi connectivity index (χ2n) is 4.79. The van der Waals surface area contributed by atoms with Crippen LogP contribution in [-0.2, 0) is 0 Å². The van der Waals surface area contributed by atoms with Gasteiger partial charge in [0, 0.05) is 19.0 Å². The van der Waals surface area contributed by atoms with Gasteiger partial charge in [-0.25, -0.2) is 4.67 Å². The topological polar surface area (TPSA) is 3.24 Å². The molecule has 0 rings (SSSR count). The predicted octanol–water partition coefficient (Wildman–Crippen LogP) is 4.69. The lowest BCUT2D eigenvalue weighted by molar-refractivity contribution is 0.332. The average Bonchev–Trinajstić information content (AvgIpc) is 2.20. The average molecular weight is 250 g/mol. The second kappa shape index (κ2) is 7.21. The number of hydrogen-bond acceptors (Lipinski definition) is 1. The van der Waals surface area contributed by atoms with E-state index in [1.54, 1.807) is 0 Å². The van der Waals surface area contributed by atoms with Gasteiger partial charge in [-0.15, -0.1) is 0 Å². The Balaban J connectivity index is 4.61. The monoisotopic (exact) mass is 250 g/mol. The Labute approximate surface area is 99.5 Å². The first-order valence-corrected chi connectivity index (χ1v) is 10.5. The van der Waals surface area contributed by atoms with Crippen molar-refractivity contribution in [2.24, 2.45) is 0 Å². The Hall–Kier alpha value is 0.820. The molecule has 0 aromatic heterocycles. The SMILES string of the molecule is CC[P+](CC)(CC)PN(C(C)C)C(C)C. The Bertz CT molecular complexity index is 149. The highest BCUT2D eigenvalue weighted by Gasteiger charge is 2.35. The maximum Gasteiger partial charge on any atom is 0.117 e. The molecule has 92 valence electrons. The fourth-order valence-corrected chi connectivity index (χ4v) is 8.80. The Morgan fingerprint density at radius 3 is 1.40 bits per heavy atom. The van der Waals surface area contributed by atoms with Gasteiger partial charge >= 0.3 is 0 Å². The van der Waals surface area contributed by atoms with E-state index in [0.717, 1.165) is 8.42 Å². The van der Waals surface area contributed by atoms with E-state index in [0.29, 0.717) is 12.1 Å². The van der Waals surface area contributed by atoms with Gasteiger partial charge in [-0.2, -0.15) is 0 Å². The predicted molar refractivity (Wildman–Crippen MR) is 79.0 cm³/mol. The Morgan fingerprint density at radius 1 is 0.867 bits per heavy atom. The number of hydrogen-bond donors (Lipinski definition) is 0. The van der Waals surface area contributed by atoms with Crippen molar-refractivity contribution in [2.75, 3.05) is 18.5 Å². The van der Waals surface area contributed by atoms with Crippen LogP contribution in [0.25, 0.3) is 0 Å². The van der Waals surface area contributed by atoms with E-state index in [1.165, 1.54) is 18.5 Å². The van der Waals surface area contributed by atoms with Crippen molar-refractivity contribution in [1.29, 1.82) is 0 Å². The molecular formula is C12H30NP2+. The van der Waals surface area contributed by atoms with E-state index in [4.69, 9.17) is 0 Å². The Kier molecular flexibility index (Phi) is 7.60. The molecule has 0 saturated carbocycles. The van der Waals surface area contributed by atoms with Crippen LogP contribution in [0.2, 0.25) is 0 Å². The minimum Gasteiger partial charge on any atom is -0.248 e. The number of nitrogens with zero attached hydrogens (tertiary/aromatic N) is 1. The molecule has 0 heterocycles. The fraction of sp³-hybridized carbons (Fsp3) is 1.00. The van der Waals surface area contributed by atoms with E-state index < -0.39 is 6.95 Å². The minimum atomic E-state index is -0.649. The molecule has 0 N–H and O–H groups in total. The maximum atomic E-state index is 2.71. The van der Waals surface area contributed by atoms with E-state index >= 15 is 0 Å². The molecule has 0 spiro atoms. The molecule has 1 nitrogen and oxygen atoms in total. The van der Waals surface area contributed by atoms with E-state index in [9.17, 15) is 0 Å². The molecule has 0 saturated heterocycles. The lowest BCUT2D eigenvalue weighted by atomic mass is 10.3. The standard InChI is InChI=1S/C12H30NP2/c1-8-15(9-2,10-3)14-13(11(4)5)12(6)7/h11-12,14H,8-10H2,1-7H3/q+1. The molecule has 0 aromatic carbocycles. The molecule has 0 aliphatic rings. The van der Waals surface area contributed by atoms with Gasteiger partial charge in [0.1, 0.15) is 8.42 Å². The number of rotatable bonds is 7. The molecular weight excluding hydrogens is 220 g/mol. The third-order valence-corrected chi connectivity index (χ3v) is 13.4. The van der Waals surface area contributed by atoms with Gasteiger partial charge in [0.2, 0.25) is 0 Å². The van der Waals surface area contributed by atoms with E-state index in [-0.39, 0.29) is 0 Å². The minimum absolute atomic E-state index is 0.649. The fourth-order valence-electron chi connectivity index (χ4n) is 1.96. The lowest BCUT2D eigenvalue weighted by Gasteiger charge is -2.35. The van der Waals surface area contributed by atoms with Crippen molar-refractivity contribution < 1.29 is 0 Å². The summed E-state index contributed by atoms with van der Waals surface area (Å²) in [5.41, 5.74) is 0. The first kappa shape index (κ1) is 15.8. The van der Waals surface area contributed by atoms with Gasteiger partial charge in [-0.05, 0) is 48.5 Å². The quantitative estimate of drug-likeness (QED) is 0.592. The van der Waals surface area contributed by atoms with Crippen molar-refractivity contribution in [1.82, 2.24) is 4.67 Å². The van der Waals surface area contributed by atoms with Gasteiger partial charge in [-0.3, -0.25) is 0 Å². The van der Waals surface area contributed by atoms with Crippen LogP contribution in [0.15, 0.2) is 0 Å². The summed E-state index contributed by atoms with van der Waals surface area (Å²) in [7, 11) is 1.09.